The van der Waals surface area contributed by atoms with Crippen LogP contribution in [0.25, 0.3) is 0 Å². The third-order valence-electron chi connectivity index (χ3n) is 5.57. The molecule has 1 atom stereocenters. The molecule has 2 aromatic rings. The SMILES string of the molecule is CN1CCN(c2ccc(N3CC(C(=O)Nc4ccccc4)CC3=O)cc2)CC1. The Labute approximate surface area is 165 Å². The van der Waals surface area contributed by atoms with E-state index in [-0.39, 0.29) is 24.2 Å². The molecule has 2 heterocycles. The van der Waals surface area contributed by atoms with Crippen LogP contribution in [-0.2, 0) is 9.59 Å². The number of nitrogens with zero attached hydrogens (tertiary/aromatic N) is 3. The first-order valence-electron chi connectivity index (χ1n) is 9.80. The van der Waals surface area contributed by atoms with Gasteiger partial charge >= 0.3 is 0 Å². The molecule has 2 aliphatic rings. The summed E-state index contributed by atoms with van der Waals surface area (Å²) < 4.78 is 0. The highest BCUT2D eigenvalue weighted by Gasteiger charge is 2.35. The molecule has 2 fully saturated rings. The fourth-order valence-corrected chi connectivity index (χ4v) is 3.81. The van der Waals surface area contributed by atoms with Crippen LogP contribution in [0.4, 0.5) is 17.1 Å². The van der Waals surface area contributed by atoms with Gasteiger partial charge in [0, 0.05) is 56.2 Å². The number of piperazine rings is 1. The molecule has 1 N–H and O–H groups in total. The molecule has 0 aromatic heterocycles. The van der Waals surface area contributed by atoms with Crippen LogP contribution in [0.15, 0.2) is 54.6 Å². The third kappa shape index (κ3) is 4.02. The van der Waals surface area contributed by atoms with Gasteiger partial charge in [0.15, 0.2) is 0 Å². The van der Waals surface area contributed by atoms with E-state index < -0.39 is 0 Å². The average molecular weight is 378 g/mol. The number of amides is 2. The molecule has 0 radical (unpaired) electrons. The quantitative estimate of drug-likeness (QED) is 0.888. The van der Waals surface area contributed by atoms with Crippen molar-refractivity contribution >= 4 is 28.9 Å². The lowest BCUT2D eigenvalue weighted by molar-refractivity contribution is -0.122. The summed E-state index contributed by atoms with van der Waals surface area (Å²) in [4.78, 5) is 31.4. The summed E-state index contributed by atoms with van der Waals surface area (Å²) in [5.41, 5.74) is 2.80. The van der Waals surface area contributed by atoms with Gasteiger partial charge in [-0.1, -0.05) is 18.2 Å². The van der Waals surface area contributed by atoms with Gasteiger partial charge in [0.2, 0.25) is 11.8 Å². The second kappa shape index (κ2) is 8.02. The molecule has 1 unspecified atom stereocenters. The van der Waals surface area contributed by atoms with Crippen LogP contribution < -0.4 is 15.1 Å². The Bertz CT molecular complexity index is 829. The number of rotatable bonds is 4. The minimum absolute atomic E-state index is 0.000518. The molecule has 28 heavy (non-hydrogen) atoms. The Morgan fingerprint density at radius 3 is 2.25 bits per heavy atom. The summed E-state index contributed by atoms with van der Waals surface area (Å²) >= 11 is 0. The van der Waals surface area contributed by atoms with Gasteiger partial charge < -0.3 is 20.0 Å². The largest absolute Gasteiger partial charge is 0.369 e. The van der Waals surface area contributed by atoms with E-state index in [9.17, 15) is 9.59 Å². The second-order valence-electron chi connectivity index (χ2n) is 7.57. The summed E-state index contributed by atoms with van der Waals surface area (Å²) in [7, 11) is 2.14. The number of nitrogens with one attached hydrogen (secondary N) is 1. The molecule has 0 bridgehead atoms. The maximum Gasteiger partial charge on any atom is 0.229 e. The summed E-state index contributed by atoms with van der Waals surface area (Å²) in [6, 6.07) is 17.5. The Kier molecular flexibility index (Phi) is 5.30. The van der Waals surface area contributed by atoms with E-state index in [0.29, 0.717) is 6.54 Å². The van der Waals surface area contributed by atoms with Gasteiger partial charge in [-0.25, -0.2) is 0 Å². The Balaban J connectivity index is 1.39. The van der Waals surface area contributed by atoms with E-state index in [0.717, 1.165) is 37.6 Å². The lowest BCUT2D eigenvalue weighted by Gasteiger charge is -2.34. The highest BCUT2D eigenvalue weighted by atomic mass is 16.2. The van der Waals surface area contributed by atoms with Crippen molar-refractivity contribution in [2.24, 2.45) is 5.92 Å². The molecule has 0 saturated carbocycles. The van der Waals surface area contributed by atoms with Crippen molar-refractivity contribution in [3.8, 4) is 0 Å². The summed E-state index contributed by atoms with van der Waals surface area (Å²) in [6.07, 6.45) is 0.249. The van der Waals surface area contributed by atoms with E-state index in [4.69, 9.17) is 0 Å². The van der Waals surface area contributed by atoms with E-state index in [1.807, 2.05) is 42.5 Å². The molecule has 2 saturated heterocycles. The second-order valence-corrected chi connectivity index (χ2v) is 7.57. The third-order valence-corrected chi connectivity index (χ3v) is 5.57. The number of carbonyl (C=O) groups is 2. The predicted molar refractivity (Wildman–Crippen MR) is 112 cm³/mol. The molecular formula is C22H26N4O2. The normalized spacial score (nSPS) is 20.5. The maximum atomic E-state index is 12.5. The molecule has 2 amide bonds. The van der Waals surface area contributed by atoms with Crippen LogP contribution in [0.3, 0.4) is 0 Å². The van der Waals surface area contributed by atoms with Crippen molar-refractivity contribution in [3.63, 3.8) is 0 Å². The lowest BCUT2D eigenvalue weighted by Crippen LogP contribution is -2.44. The first kappa shape index (κ1) is 18.5. The van der Waals surface area contributed by atoms with E-state index in [1.54, 1.807) is 4.90 Å². The minimum Gasteiger partial charge on any atom is -0.369 e. The zero-order valence-corrected chi connectivity index (χ0v) is 16.2. The van der Waals surface area contributed by atoms with Crippen molar-refractivity contribution < 1.29 is 9.59 Å². The average Bonchev–Trinajstić information content (AvgIpc) is 3.11. The van der Waals surface area contributed by atoms with Crippen LogP contribution in [0.2, 0.25) is 0 Å². The van der Waals surface area contributed by atoms with Crippen molar-refractivity contribution in [3.05, 3.63) is 54.6 Å². The molecule has 2 aromatic carbocycles. The van der Waals surface area contributed by atoms with E-state index in [2.05, 4.69) is 34.3 Å². The lowest BCUT2D eigenvalue weighted by atomic mass is 10.1. The fraction of sp³-hybridized carbons (Fsp3) is 0.364. The van der Waals surface area contributed by atoms with Gasteiger partial charge in [0.05, 0.1) is 5.92 Å². The maximum absolute atomic E-state index is 12.5. The molecule has 6 nitrogen and oxygen atoms in total. The zero-order valence-electron chi connectivity index (χ0n) is 16.2. The topological polar surface area (TPSA) is 55.9 Å². The summed E-state index contributed by atoms with van der Waals surface area (Å²) in [5.74, 6) is -0.429. The van der Waals surface area contributed by atoms with Gasteiger partial charge in [0.1, 0.15) is 0 Å². The van der Waals surface area contributed by atoms with Crippen molar-refractivity contribution in [1.82, 2.24) is 4.90 Å². The van der Waals surface area contributed by atoms with Crippen LogP contribution >= 0.6 is 0 Å². The monoisotopic (exact) mass is 378 g/mol. The Morgan fingerprint density at radius 1 is 0.929 bits per heavy atom. The van der Waals surface area contributed by atoms with E-state index >= 15 is 0 Å². The van der Waals surface area contributed by atoms with Crippen molar-refractivity contribution in [2.75, 3.05) is 54.9 Å². The molecule has 146 valence electrons. The van der Waals surface area contributed by atoms with Gasteiger partial charge in [0.25, 0.3) is 0 Å². The number of hydrogen-bond donors (Lipinski definition) is 1. The fourth-order valence-electron chi connectivity index (χ4n) is 3.81. The number of para-hydroxylation sites is 1. The predicted octanol–water partition coefficient (Wildman–Crippen LogP) is 2.43. The molecule has 0 spiro atoms. The molecular weight excluding hydrogens is 352 g/mol. The first-order valence-corrected chi connectivity index (χ1v) is 9.80. The summed E-state index contributed by atoms with van der Waals surface area (Å²) in [5, 5.41) is 2.90. The number of benzene rings is 2. The summed E-state index contributed by atoms with van der Waals surface area (Å²) in [6.45, 7) is 4.57. The standard InChI is InChI=1S/C22H26N4O2/c1-24-11-13-25(14-12-24)19-7-9-20(10-8-19)26-16-17(15-21(26)27)22(28)23-18-5-3-2-4-6-18/h2-10,17H,11-16H2,1H3,(H,23,28). The Morgan fingerprint density at radius 2 is 1.57 bits per heavy atom. The highest BCUT2D eigenvalue weighted by molar-refractivity contribution is 6.03. The molecule has 6 heteroatoms. The molecule has 0 aliphatic carbocycles. The van der Waals surface area contributed by atoms with Gasteiger partial charge in [-0.05, 0) is 43.4 Å². The minimum atomic E-state index is -0.329. The first-order chi connectivity index (χ1) is 13.6. The number of likely N-dealkylation sites (N-methyl/N-ethyl adjacent to an activating group) is 1. The number of carbonyl (C=O) groups excluding carboxylic acids is 2. The van der Waals surface area contributed by atoms with Crippen LogP contribution in [0, 0.1) is 5.92 Å². The van der Waals surface area contributed by atoms with E-state index in [1.165, 1.54) is 5.69 Å². The zero-order chi connectivity index (χ0) is 19.5. The van der Waals surface area contributed by atoms with Crippen molar-refractivity contribution in [2.45, 2.75) is 6.42 Å². The van der Waals surface area contributed by atoms with Crippen LogP contribution in [0.1, 0.15) is 6.42 Å². The van der Waals surface area contributed by atoms with Crippen LogP contribution in [-0.4, -0.2) is 56.5 Å². The highest BCUT2D eigenvalue weighted by Crippen LogP contribution is 2.28. The van der Waals surface area contributed by atoms with Gasteiger partial charge in [-0.2, -0.15) is 0 Å². The number of anilines is 3. The van der Waals surface area contributed by atoms with Crippen LogP contribution in [0.5, 0.6) is 0 Å². The molecule has 4 rings (SSSR count). The molecule has 2 aliphatic heterocycles. The van der Waals surface area contributed by atoms with Crippen molar-refractivity contribution in [1.29, 1.82) is 0 Å². The van der Waals surface area contributed by atoms with Gasteiger partial charge in [-0.3, -0.25) is 9.59 Å². The smallest absolute Gasteiger partial charge is 0.229 e. The number of hydrogen-bond acceptors (Lipinski definition) is 4. The Hall–Kier alpha value is -2.86. The van der Waals surface area contributed by atoms with Gasteiger partial charge in [-0.15, -0.1) is 0 Å².